The van der Waals surface area contributed by atoms with Crippen molar-refractivity contribution in [1.82, 2.24) is 9.97 Å². The molecule has 0 unspecified atom stereocenters. The SMILES string of the molecule is O=C1CCc2cc(Br)cc(OCc3cnccn3)c2C1. The van der Waals surface area contributed by atoms with E-state index < -0.39 is 0 Å². The minimum Gasteiger partial charge on any atom is -0.487 e. The fraction of sp³-hybridized carbons (Fsp3) is 0.267. The number of hydrogen-bond acceptors (Lipinski definition) is 4. The lowest BCUT2D eigenvalue weighted by molar-refractivity contribution is -0.118. The Morgan fingerprint density at radius 1 is 1.25 bits per heavy atom. The van der Waals surface area contributed by atoms with Crippen LogP contribution < -0.4 is 4.74 Å². The second-order valence-electron chi connectivity index (χ2n) is 4.74. The van der Waals surface area contributed by atoms with Crippen molar-refractivity contribution in [3.8, 4) is 5.75 Å². The highest BCUT2D eigenvalue weighted by Gasteiger charge is 2.20. The van der Waals surface area contributed by atoms with E-state index in [9.17, 15) is 4.79 Å². The monoisotopic (exact) mass is 332 g/mol. The minimum atomic E-state index is 0.268. The molecule has 0 bridgehead atoms. The van der Waals surface area contributed by atoms with Crippen molar-refractivity contribution < 1.29 is 9.53 Å². The summed E-state index contributed by atoms with van der Waals surface area (Å²) in [7, 11) is 0. The topological polar surface area (TPSA) is 52.1 Å². The molecule has 0 fully saturated rings. The van der Waals surface area contributed by atoms with Gasteiger partial charge in [-0.15, -0.1) is 0 Å². The lowest BCUT2D eigenvalue weighted by Gasteiger charge is -2.19. The average Bonchev–Trinajstić information content (AvgIpc) is 2.46. The molecule has 1 heterocycles. The maximum absolute atomic E-state index is 11.6. The zero-order chi connectivity index (χ0) is 13.9. The van der Waals surface area contributed by atoms with Gasteiger partial charge in [0.2, 0.25) is 0 Å². The third-order valence-electron chi connectivity index (χ3n) is 3.31. The van der Waals surface area contributed by atoms with Gasteiger partial charge in [-0.05, 0) is 24.1 Å². The highest BCUT2D eigenvalue weighted by atomic mass is 79.9. The predicted molar refractivity (Wildman–Crippen MR) is 77.5 cm³/mol. The molecule has 0 amide bonds. The highest BCUT2D eigenvalue weighted by Crippen LogP contribution is 2.32. The fourth-order valence-electron chi connectivity index (χ4n) is 2.33. The molecule has 4 nitrogen and oxygen atoms in total. The van der Waals surface area contributed by atoms with Crippen molar-refractivity contribution in [1.29, 1.82) is 0 Å². The molecule has 0 radical (unpaired) electrons. The van der Waals surface area contributed by atoms with E-state index in [0.29, 0.717) is 19.4 Å². The average molecular weight is 333 g/mol. The van der Waals surface area contributed by atoms with Gasteiger partial charge in [0.05, 0.1) is 11.9 Å². The Morgan fingerprint density at radius 3 is 2.95 bits per heavy atom. The number of ketones is 1. The van der Waals surface area contributed by atoms with E-state index in [0.717, 1.165) is 27.9 Å². The summed E-state index contributed by atoms with van der Waals surface area (Å²) in [5.74, 6) is 1.03. The second kappa shape index (κ2) is 5.71. The van der Waals surface area contributed by atoms with Crippen LogP contribution in [0.25, 0.3) is 0 Å². The Labute approximate surface area is 125 Å². The van der Waals surface area contributed by atoms with E-state index in [4.69, 9.17) is 4.74 Å². The summed E-state index contributed by atoms with van der Waals surface area (Å²) in [6.45, 7) is 0.352. The van der Waals surface area contributed by atoms with Crippen LogP contribution in [0.5, 0.6) is 5.75 Å². The van der Waals surface area contributed by atoms with Crippen molar-refractivity contribution >= 4 is 21.7 Å². The van der Waals surface area contributed by atoms with Crippen LogP contribution in [0, 0.1) is 0 Å². The molecule has 3 rings (SSSR count). The zero-order valence-corrected chi connectivity index (χ0v) is 12.4. The van der Waals surface area contributed by atoms with Gasteiger partial charge in [0.1, 0.15) is 18.1 Å². The number of fused-ring (bicyclic) bond motifs is 1. The number of aromatic nitrogens is 2. The molecule has 1 aromatic heterocycles. The second-order valence-corrected chi connectivity index (χ2v) is 5.66. The molecule has 0 N–H and O–H groups in total. The summed E-state index contributed by atoms with van der Waals surface area (Å²) >= 11 is 3.49. The van der Waals surface area contributed by atoms with Gasteiger partial charge in [0.25, 0.3) is 0 Å². The summed E-state index contributed by atoms with van der Waals surface area (Å²) in [6, 6.07) is 3.98. The van der Waals surface area contributed by atoms with Gasteiger partial charge in [-0.2, -0.15) is 0 Å². The molecule has 2 aromatic rings. The Balaban J connectivity index is 1.85. The molecule has 0 atom stereocenters. The van der Waals surface area contributed by atoms with Crippen molar-refractivity contribution in [2.75, 3.05) is 0 Å². The molecular formula is C15H13BrN2O2. The van der Waals surface area contributed by atoms with E-state index >= 15 is 0 Å². The van der Waals surface area contributed by atoms with Crippen LogP contribution in [0.3, 0.4) is 0 Å². The number of halogens is 1. The molecule has 0 aliphatic heterocycles. The van der Waals surface area contributed by atoms with E-state index in [1.807, 2.05) is 6.07 Å². The van der Waals surface area contributed by atoms with Gasteiger partial charge >= 0.3 is 0 Å². The summed E-state index contributed by atoms with van der Waals surface area (Å²) in [6.07, 6.45) is 6.80. The van der Waals surface area contributed by atoms with Gasteiger partial charge in [0, 0.05) is 35.3 Å². The first kappa shape index (κ1) is 13.2. The number of Topliss-reactive ketones (excluding diaryl/α,β-unsaturated/α-hetero) is 1. The Hall–Kier alpha value is -1.75. The Bertz CT molecular complexity index is 644. The van der Waals surface area contributed by atoms with Gasteiger partial charge in [-0.1, -0.05) is 15.9 Å². The number of hydrogen-bond donors (Lipinski definition) is 0. The highest BCUT2D eigenvalue weighted by molar-refractivity contribution is 9.10. The van der Waals surface area contributed by atoms with Crippen molar-refractivity contribution in [3.05, 3.63) is 52.0 Å². The van der Waals surface area contributed by atoms with Crippen LogP contribution in [0.2, 0.25) is 0 Å². The molecular weight excluding hydrogens is 320 g/mol. The minimum absolute atomic E-state index is 0.268. The van der Waals surface area contributed by atoms with E-state index in [2.05, 4.69) is 32.0 Å². The van der Waals surface area contributed by atoms with Gasteiger partial charge < -0.3 is 4.74 Å². The first-order valence-electron chi connectivity index (χ1n) is 6.43. The number of carbonyl (C=O) groups is 1. The standard InChI is InChI=1S/C15H13BrN2O2/c16-11-5-10-1-2-13(19)7-14(10)15(6-11)20-9-12-8-17-3-4-18-12/h3-6,8H,1-2,7,9H2. The molecule has 20 heavy (non-hydrogen) atoms. The van der Waals surface area contributed by atoms with Crippen LogP contribution in [-0.4, -0.2) is 15.8 Å². The quantitative estimate of drug-likeness (QED) is 0.867. The fourth-order valence-corrected chi connectivity index (χ4v) is 2.82. The number of nitrogens with zero attached hydrogens (tertiary/aromatic N) is 2. The van der Waals surface area contributed by atoms with E-state index in [1.165, 1.54) is 5.56 Å². The Morgan fingerprint density at radius 2 is 2.15 bits per heavy atom. The molecule has 5 heteroatoms. The first-order chi connectivity index (χ1) is 9.72. The number of benzene rings is 1. The summed E-state index contributed by atoms with van der Waals surface area (Å²) in [5.41, 5.74) is 2.96. The van der Waals surface area contributed by atoms with Gasteiger partial charge in [0.15, 0.2) is 0 Å². The van der Waals surface area contributed by atoms with Gasteiger partial charge in [-0.25, -0.2) is 0 Å². The summed E-state index contributed by atoms with van der Waals surface area (Å²) < 4.78 is 6.81. The normalized spacial score (nSPS) is 13.9. The van der Waals surface area contributed by atoms with E-state index in [-0.39, 0.29) is 5.78 Å². The lowest BCUT2D eigenvalue weighted by Crippen LogP contribution is -2.15. The Kier molecular flexibility index (Phi) is 3.78. The summed E-state index contributed by atoms with van der Waals surface area (Å²) in [5, 5.41) is 0. The van der Waals surface area contributed by atoms with Crippen molar-refractivity contribution in [2.45, 2.75) is 25.9 Å². The molecule has 0 saturated carbocycles. The molecule has 1 aromatic carbocycles. The van der Waals surface area contributed by atoms with Crippen LogP contribution >= 0.6 is 15.9 Å². The summed E-state index contributed by atoms with van der Waals surface area (Å²) in [4.78, 5) is 19.8. The largest absolute Gasteiger partial charge is 0.487 e. The number of ether oxygens (including phenoxy) is 1. The van der Waals surface area contributed by atoms with Crippen LogP contribution in [0.15, 0.2) is 35.2 Å². The third-order valence-corrected chi connectivity index (χ3v) is 3.76. The van der Waals surface area contributed by atoms with Crippen LogP contribution in [0.1, 0.15) is 23.2 Å². The van der Waals surface area contributed by atoms with Gasteiger partial charge in [-0.3, -0.25) is 14.8 Å². The number of rotatable bonds is 3. The number of aryl methyl sites for hydroxylation is 1. The lowest BCUT2D eigenvalue weighted by atomic mass is 9.90. The zero-order valence-electron chi connectivity index (χ0n) is 10.8. The smallest absolute Gasteiger partial charge is 0.137 e. The maximum Gasteiger partial charge on any atom is 0.137 e. The maximum atomic E-state index is 11.6. The molecule has 1 aliphatic rings. The molecule has 0 spiro atoms. The van der Waals surface area contributed by atoms with Crippen molar-refractivity contribution in [2.24, 2.45) is 0 Å². The van der Waals surface area contributed by atoms with Crippen LogP contribution in [-0.2, 0) is 24.2 Å². The third kappa shape index (κ3) is 2.88. The van der Waals surface area contributed by atoms with Crippen LogP contribution in [0.4, 0.5) is 0 Å². The first-order valence-corrected chi connectivity index (χ1v) is 7.22. The predicted octanol–water partition coefficient (Wildman–Crippen LogP) is 2.88. The molecule has 102 valence electrons. The number of carbonyl (C=O) groups excluding carboxylic acids is 1. The van der Waals surface area contributed by atoms with E-state index in [1.54, 1.807) is 18.6 Å². The molecule has 0 saturated heterocycles. The van der Waals surface area contributed by atoms with Crippen molar-refractivity contribution in [3.63, 3.8) is 0 Å². The molecule has 1 aliphatic carbocycles.